The zero-order chi connectivity index (χ0) is 23.5. The second kappa shape index (κ2) is 9.41. The van der Waals surface area contributed by atoms with Gasteiger partial charge in [0, 0.05) is 23.4 Å². The number of benzene rings is 3. The number of hydrogen-bond donors (Lipinski definition) is 1. The Balaban J connectivity index is 1.38. The molecule has 1 aromatic heterocycles. The fourth-order valence-corrected chi connectivity index (χ4v) is 3.93. The van der Waals surface area contributed by atoms with Gasteiger partial charge in [-0.2, -0.15) is 0 Å². The molecule has 0 bridgehead atoms. The number of carbonyl (C=O) groups excluding carboxylic acids is 1. The van der Waals surface area contributed by atoms with Crippen molar-refractivity contribution in [2.45, 2.75) is 18.6 Å². The summed E-state index contributed by atoms with van der Waals surface area (Å²) < 4.78 is 22.7. The molecular formula is C27H23NO6. The quantitative estimate of drug-likeness (QED) is 0.418. The molecule has 0 aliphatic carbocycles. The van der Waals surface area contributed by atoms with E-state index < -0.39 is 18.2 Å². The Morgan fingerprint density at radius 2 is 1.88 bits per heavy atom. The molecule has 5 rings (SSSR count). The molecule has 1 N–H and O–H groups in total. The van der Waals surface area contributed by atoms with Crippen molar-refractivity contribution in [2.24, 2.45) is 0 Å². The average Bonchev–Trinajstić information content (AvgIpc) is 3.02. The Morgan fingerprint density at radius 3 is 2.76 bits per heavy atom. The number of rotatable bonds is 5. The predicted molar refractivity (Wildman–Crippen MR) is 126 cm³/mol. The number of ether oxygens (including phenoxy) is 4. The van der Waals surface area contributed by atoms with Crippen LogP contribution in [-0.4, -0.2) is 35.9 Å². The highest BCUT2D eigenvalue weighted by atomic mass is 16.5. The van der Waals surface area contributed by atoms with Crippen LogP contribution in [-0.2, 0) is 4.74 Å². The summed E-state index contributed by atoms with van der Waals surface area (Å²) in [6.07, 6.45) is -1.09. The molecule has 2 heterocycles. The monoisotopic (exact) mass is 457 g/mol. The van der Waals surface area contributed by atoms with Gasteiger partial charge < -0.3 is 24.1 Å². The van der Waals surface area contributed by atoms with Gasteiger partial charge in [0.15, 0.2) is 0 Å². The highest BCUT2D eigenvalue weighted by molar-refractivity contribution is 5.89. The first-order valence-corrected chi connectivity index (χ1v) is 10.9. The number of fused-ring (bicyclic) bond motifs is 2. The molecule has 0 radical (unpaired) electrons. The molecule has 3 aromatic carbocycles. The van der Waals surface area contributed by atoms with Crippen LogP contribution in [0.2, 0.25) is 0 Å². The summed E-state index contributed by atoms with van der Waals surface area (Å²) in [6, 6.07) is 23.5. The van der Waals surface area contributed by atoms with Crippen LogP contribution >= 0.6 is 0 Å². The second-order valence-corrected chi connectivity index (χ2v) is 7.90. The fraction of sp³-hybridized carbons (Fsp3) is 0.185. The Morgan fingerprint density at radius 1 is 1.00 bits per heavy atom. The van der Waals surface area contributed by atoms with Crippen LogP contribution in [0.15, 0.2) is 78.9 Å². The highest BCUT2D eigenvalue weighted by Gasteiger charge is 2.29. The van der Waals surface area contributed by atoms with Crippen molar-refractivity contribution < 1.29 is 28.8 Å². The summed E-state index contributed by atoms with van der Waals surface area (Å²) in [5.41, 5.74) is 1.77. The van der Waals surface area contributed by atoms with E-state index in [1.165, 1.54) is 7.11 Å². The Kier molecular flexibility index (Phi) is 6.01. The van der Waals surface area contributed by atoms with Crippen LogP contribution < -0.4 is 14.2 Å². The third-order valence-electron chi connectivity index (χ3n) is 5.65. The molecular weight excluding hydrogens is 434 g/mol. The molecule has 34 heavy (non-hydrogen) atoms. The molecule has 1 aliphatic heterocycles. The maximum Gasteiger partial charge on any atom is 0.337 e. The van der Waals surface area contributed by atoms with Crippen LogP contribution in [0.4, 0.5) is 0 Å². The zero-order valence-electron chi connectivity index (χ0n) is 18.5. The molecule has 0 saturated heterocycles. The van der Waals surface area contributed by atoms with Crippen LogP contribution in [0.1, 0.15) is 28.4 Å². The van der Waals surface area contributed by atoms with Crippen LogP contribution in [0.5, 0.6) is 23.1 Å². The molecule has 0 fully saturated rings. The zero-order valence-corrected chi connectivity index (χ0v) is 18.5. The molecule has 1 aliphatic rings. The molecule has 4 aromatic rings. The van der Waals surface area contributed by atoms with Crippen molar-refractivity contribution in [2.75, 3.05) is 13.7 Å². The minimum Gasteiger partial charge on any atom is -0.493 e. The lowest BCUT2D eigenvalue weighted by Crippen LogP contribution is -2.25. The summed E-state index contributed by atoms with van der Waals surface area (Å²) in [6.45, 7) is 0.373. The van der Waals surface area contributed by atoms with E-state index in [0.717, 1.165) is 10.9 Å². The molecule has 7 heteroatoms. The summed E-state index contributed by atoms with van der Waals surface area (Å²) in [5, 5.41) is 12.2. The number of pyridine rings is 1. The molecule has 7 nitrogen and oxygen atoms in total. The van der Waals surface area contributed by atoms with E-state index in [-0.39, 0.29) is 0 Å². The first-order valence-electron chi connectivity index (χ1n) is 10.9. The smallest absolute Gasteiger partial charge is 0.337 e. The summed E-state index contributed by atoms with van der Waals surface area (Å²) >= 11 is 0. The van der Waals surface area contributed by atoms with Gasteiger partial charge in [-0.15, -0.1) is 0 Å². The summed E-state index contributed by atoms with van der Waals surface area (Å²) in [7, 11) is 1.33. The SMILES string of the molecule is COC(=O)c1cccc(O[C@H]2CCOc3ccc(Oc4ccc5ccccc5n4)cc3[C@H]2O)c1. The summed E-state index contributed by atoms with van der Waals surface area (Å²) in [5.74, 6) is 1.56. The number of hydrogen-bond acceptors (Lipinski definition) is 7. The Hall–Kier alpha value is -4.10. The second-order valence-electron chi connectivity index (χ2n) is 7.90. The standard InChI is InChI=1S/C27H23NO6/c1-31-27(30)18-6-4-7-19(15-18)33-24-13-14-32-23-11-10-20(16-21(23)26(24)29)34-25-12-9-17-5-2-3-8-22(17)28-25/h2-12,15-16,24,26,29H,13-14H2,1H3/t24-,26+/m0/s1. The van der Waals surface area contributed by atoms with Gasteiger partial charge in [0.25, 0.3) is 0 Å². The van der Waals surface area contributed by atoms with E-state index in [0.29, 0.717) is 47.3 Å². The fourth-order valence-electron chi connectivity index (χ4n) is 3.93. The third-order valence-corrected chi connectivity index (χ3v) is 5.65. The average molecular weight is 457 g/mol. The normalized spacial score (nSPS) is 17.2. The van der Waals surface area contributed by atoms with Crippen molar-refractivity contribution in [3.05, 3.63) is 90.0 Å². The van der Waals surface area contributed by atoms with Crippen LogP contribution in [0.3, 0.4) is 0 Å². The van der Waals surface area contributed by atoms with Gasteiger partial charge in [0.1, 0.15) is 29.5 Å². The lowest BCUT2D eigenvalue weighted by atomic mass is 10.0. The lowest BCUT2D eigenvalue weighted by molar-refractivity contribution is 0.0310. The number of carbonyl (C=O) groups is 1. The highest BCUT2D eigenvalue weighted by Crippen LogP contribution is 2.37. The van der Waals surface area contributed by atoms with Gasteiger partial charge in [-0.3, -0.25) is 0 Å². The maximum absolute atomic E-state index is 11.8. The molecule has 0 amide bonds. The first kappa shape index (κ1) is 21.7. The van der Waals surface area contributed by atoms with Crippen LogP contribution in [0.25, 0.3) is 10.9 Å². The van der Waals surface area contributed by atoms with E-state index in [9.17, 15) is 9.90 Å². The van der Waals surface area contributed by atoms with Gasteiger partial charge in [0.2, 0.25) is 5.88 Å². The first-order chi connectivity index (χ1) is 16.6. The number of aliphatic hydroxyl groups excluding tert-OH is 1. The van der Waals surface area contributed by atoms with E-state index in [4.69, 9.17) is 18.9 Å². The van der Waals surface area contributed by atoms with Crippen LogP contribution in [0, 0.1) is 0 Å². The van der Waals surface area contributed by atoms with Crippen molar-refractivity contribution in [3.63, 3.8) is 0 Å². The van der Waals surface area contributed by atoms with E-state index >= 15 is 0 Å². The largest absolute Gasteiger partial charge is 0.493 e. The summed E-state index contributed by atoms with van der Waals surface area (Å²) in [4.78, 5) is 16.4. The molecule has 172 valence electrons. The number of para-hydroxylation sites is 1. The molecule has 0 saturated carbocycles. The van der Waals surface area contributed by atoms with Gasteiger partial charge in [-0.25, -0.2) is 9.78 Å². The molecule has 0 spiro atoms. The van der Waals surface area contributed by atoms with Gasteiger partial charge >= 0.3 is 5.97 Å². The number of esters is 1. The number of aliphatic hydroxyl groups is 1. The van der Waals surface area contributed by atoms with Crippen molar-refractivity contribution in [1.82, 2.24) is 4.98 Å². The number of nitrogens with zero attached hydrogens (tertiary/aromatic N) is 1. The maximum atomic E-state index is 11.8. The minimum atomic E-state index is -0.965. The molecule has 2 atom stereocenters. The Bertz CT molecular complexity index is 1340. The molecule has 0 unspecified atom stereocenters. The lowest BCUT2D eigenvalue weighted by Gasteiger charge is -2.22. The van der Waals surface area contributed by atoms with Gasteiger partial charge in [-0.05, 0) is 48.5 Å². The van der Waals surface area contributed by atoms with E-state index in [1.807, 2.05) is 30.3 Å². The van der Waals surface area contributed by atoms with E-state index in [1.54, 1.807) is 48.5 Å². The predicted octanol–water partition coefficient (Wildman–Crippen LogP) is 5.08. The number of aromatic nitrogens is 1. The Labute approximate surface area is 196 Å². The van der Waals surface area contributed by atoms with Gasteiger partial charge in [0.05, 0.1) is 24.8 Å². The van der Waals surface area contributed by atoms with E-state index in [2.05, 4.69) is 4.98 Å². The topological polar surface area (TPSA) is 87.1 Å². The minimum absolute atomic E-state index is 0.373. The van der Waals surface area contributed by atoms with Crippen molar-refractivity contribution in [3.8, 4) is 23.1 Å². The number of methoxy groups -OCH3 is 1. The van der Waals surface area contributed by atoms with Crippen molar-refractivity contribution >= 4 is 16.9 Å². The van der Waals surface area contributed by atoms with Gasteiger partial charge in [-0.1, -0.05) is 24.3 Å². The third kappa shape index (κ3) is 4.51. The van der Waals surface area contributed by atoms with Crippen molar-refractivity contribution in [1.29, 1.82) is 0 Å².